The van der Waals surface area contributed by atoms with E-state index in [0.29, 0.717) is 18.7 Å². The highest BCUT2D eigenvalue weighted by atomic mass is 32.2. The summed E-state index contributed by atoms with van der Waals surface area (Å²) in [5, 5.41) is 2.96. The number of para-hydroxylation sites is 1. The number of ether oxygens (including phenoxy) is 1. The van der Waals surface area contributed by atoms with Crippen molar-refractivity contribution in [1.82, 2.24) is 4.90 Å². The quantitative estimate of drug-likeness (QED) is 0.435. The van der Waals surface area contributed by atoms with E-state index >= 15 is 0 Å². The highest BCUT2D eigenvalue weighted by molar-refractivity contribution is 7.87. The van der Waals surface area contributed by atoms with Gasteiger partial charge >= 0.3 is 16.1 Å². The van der Waals surface area contributed by atoms with E-state index in [4.69, 9.17) is 8.92 Å². The summed E-state index contributed by atoms with van der Waals surface area (Å²) in [5.41, 5.74) is 3.31. The van der Waals surface area contributed by atoms with Crippen LogP contribution in [0.5, 0.6) is 5.75 Å². The number of carbonyl (C=O) groups is 1. The molecule has 0 spiro atoms. The van der Waals surface area contributed by atoms with Crippen molar-refractivity contribution in [2.24, 2.45) is 0 Å². The van der Waals surface area contributed by atoms with Crippen molar-refractivity contribution in [2.75, 3.05) is 25.6 Å². The number of nitrogens with one attached hydrogen (secondary N) is 1. The fourth-order valence-corrected chi connectivity index (χ4v) is 4.27. The Morgan fingerprint density at radius 1 is 1.00 bits per heavy atom. The molecular weight excluding hydrogens is 459 g/mol. The van der Waals surface area contributed by atoms with Crippen LogP contribution in [0, 0.1) is 19.7 Å². The van der Waals surface area contributed by atoms with E-state index in [1.165, 1.54) is 6.07 Å². The van der Waals surface area contributed by atoms with Crippen LogP contribution in [0.15, 0.2) is 71.6 Å². The Labute approximate surface area is 199 Å². The Kier molecular flexibility index (Phi) is 8.25. The maximum absolute atomic E-state index is 13.1. The predicted molar refractivity (Wildman–Crippen MR) is 128 cm³/mol. The summed E-state index contributed by atoms with van der Waals surface area (Å²) in [6, 6.07) is 16.3. The van der Waals surface area contributed by atoms with Crippen LogP contribution in [-0.2, 0) is 21.4 Å². The molecule has 3 aromatic carbocycles. The number of methoxy groups -OCH3 is 1. The second-order valence-electron chi connectivity index (χ2n) is 7.75. The van der Waals surface area contributed by atoms with Gasteiger partial charge < -0.3 is 19.1 Å². The molecule has 2 amide bonds. The third-order valence-corrected chi connectivity index (χ3v) is 6.41. The first-order chi connectivity index (χ1) is 16.2. The van der Waals surface area contributed by atoms with Crippen LogP contribution in [-0.4, -0.2) is 39.6 Å². The van der Waals surface area contributed by atoms with Gasteiger partial charge in [-0.1, -0.05) is 30.3 Å². The van der Waals surface area contributed by atoms with Crippen LogP contribution >= 0.6 is 0 Å². The smallest absolute Gasteiger partial charge is 0.339 e. The number of aryl methyl sites for hydroxylation is 2. The van der Waals surface area contributed by atoms with E-state index < -0.39 is 15.9 Å². The maximum Gasteiger partial charge on any atom is 0.339 e. The highest BCUT2D eigenvalue weighted by Crippen LogP contribution is 2.23. The number of anilines is 1. The zero-order chi connectivity index (χ0) is 24.7. The fourth-order valence-electron chi connectivity index (χ4n) is 3.34. The zero-order valence-electron chi connectivity index (χ0n) is 19.2. The lowest BCUT2D eigenvalue weighted by Crippen LogP contribution is -2.37. The number of urea groups is 1. The summed E-state index contributed by atoms with van der Waals surface area (Å²) in [5.74, 6) is -0.458. The van der Waals surface area contributed by atoms with Gasteiger partial charge in [0.15, 0.2) is 0 Å². The van der Waals surface area contributed by atoms with E-state index in [9.17, 15) is 17.6 Å². The molecule has 0 aliphatic carbocycles. The van der Waals surface area contributed by atoms with Gasteiger partial charge in [-0.3, -0.25) is 0 Å². The minimum absolute atomic E-state index is 0.0867. The van der Waals surface area contributed by atoms with E-state index in [0.717, 1.165) is 41.1 Å². The molecule has 34 heavy (non-hydrogen) atoms. The lowest BCUT2D eigenvalue weighted by molar-refractivity contribution is 0.153. The predicted octanol–water partition coefficient (Wildman–Crippen LogP) is 4.89. The standard InChI is InChI=1S/C25H27FN2O5S/c1-18-6-4-7-19(2)24(18)27-25(29)28(14-15-32-3)17-20-8-5-9-22(16-20)33-34(30,31)23-12-10-21(26)11-13-23/h4-13,16H,14-15,17H2,1-3H3,(H,27,29). The Bertz CT molecular complexity index is 1230. The van der Waals surface area contributed by atoms with E-state index in [1.54, 1.807) is 30.2 Å². The normalized spacial score (nSPS) is 11.2. The van der Waals surface area contributed by atoms with Crippen LogP contribution in [0.3, 0.4) is 0 Å². The molecule has 0 heterocycles. The van der Waals surface area contributed by atoms with E-state index in [1.807, 2.05) is 32.0 Å². The van der Waals surface area contributed by atoms with Crippen molar-refractivity contribution in [2.45, 2.75) is 25.3 Å². The minimum atomic E-state index is -4.14. The molecule has 9 heteroatoms. The monoisotopic (exact) mass is 486 g/mol. The zero-order valence-corrected chi connectivity index (χ0v) is 20.1. The van der Waals surface area contributed by atoms with Crippen molar-refractivity contribution in [3.63, 3.8) is 0 Å². The number of nitrogens with zero attached hydrogens (tertiary/aromatic N) is 1. The molecule has 1 N–H and O–H groups in total. The number of benzene rings is 3. The molecule has 0 saturated heterocycles. The molecule has 0 fully saturated rings. The van der Waals surface area contributed by atoms with Gasteiger partial charge in [0.05, 0.1) is 6.61 Å². The van der Waals surface area contributed by atoms with Gasteiger partial charge in [0, 0.05) is 25.9 Å². The van der Waals surface area contributed by atoms with Crippen molar-refractivity contribution in [3.8, 4) is 5.75 Å². The maximum atomic E-state index is 13.1. The largest absolute Gasteiger partial charge is 0.383 e. The lowest BCUT2D eigenvalue weighted by Gasteiger charge is -2.24. The number of carbonyl (C=O) groups excluding carboxylic acids is 1. The molecule has 0 radical (unpaired) electrons. The molecule has 180 valence electrons. The summed E-state index contributed by atoms with van der Waals surface area (Å²) >= 11 is 0. The second kappa shape index (κ2) is 11.1. The van der Waals surface area contributed by atoms with Crippen molar-refractivity contribution in [1.29, 1.82) is 0 Å². The first-order valence-electron chi connectivity index (χ1n) is 10.6. The molecule has 0 aliphatic heterocycles. The minimum Gasteiger partial charge on any atom is -0.383 e. The van der Waals surface area contributed by atoms with Crippen LogP contribution in [0.2, 0.25) is 0 Å². The van der Waals surface area contributed by atoms with E-state index in [-0.39, 0.29) is 23.2 Å². The fraction of sp³-hybridized carbons (Fsp3) is 0.240. The third-order valence-electron chi connectivity index (χ3n) is 5.15. The molecule has 0 bridgehead atoms. The van der Waals surface area contributed by atoms with Gasteiger partial charge in [-0.15, -0.1) is 0 Å². The second-order valence-corrected chi connectivity index (χ2v) is 9.30. The Morgan fingerprint density at radius 3 is 2.29 bits per heavy atom. The van der Waals surface area contributed by atoms with Crippen LogP contribution in [0.1, 0.15) is 16.7 Å². The number of halogens is 1. The summed E-state index contributed by atoms with van der Waals surface area (Å²) in [7, 11) is -2.58. The topological polar surface area (TPSA) is 84.9 Å². The summed E-state index contributed by atoms with van der Waals surface area (Å²) in [6.45, 7) is 4.70. The number of rotatable bonds is 9. The summed E-state index contributed by atoms with van der Waals surface area (Å²) in [4.78, 5) is 14.5. The van der Waals surface area contributed by atoms with Gasteiger partial charge in [0.25, 0.3) is 0 Å². The molecule has 0 aliphatic rings. The number of hydrogen-bond donors (Lipinski definition) is 1. The number of hydrogen-bond acceptors (Lipinski definition) is 5. The summed E-state index contributed by atoms with van der Waals surface area (Å²) in [6.07, 6.45) is 0. The SMILES string of the molecule is COCCN(Cc1cccc(OS(=O)(=O)c2ccc(F)cc2)c1)C(=O)Nc1c(C)cccc1C. The molecule has 0 atom stereocenters. The molecule has 0 unspecified atom stereocenters. The lowest BCUT2D eigenvalue weighted by atomic mass is 10.1. The number of amides is 2. The molecular formula is C25H27FN2O5S. The average Bonchev–Trinajstić information content (AvgIpc) is 2.79. The average molecular weight is 487 g/mol. The highest BCUT2D eigenvalue weighted by Gasteiger charge is 2.19. The molecule has 0 aromatic heterocycles. The first-order valence-corrected chi connectivity index (χ1v) is 12.0. The van der Waals surface area contributed by atoms with Crippen molar-refractivity contribution < 1.29 is 26.5 Å². The van der Waals surface area contributed by atoms with Crippen LogP contribution in [0.25, 0.3) is 0 Å². The van der Waals surface area contributed by atoms with Gasteiger partial charge in [0.1, 0.15) is 16.5 Å². The first kappa shape index (κ1) is 25.2. The molecule has 3 rings (SSSR count). The Balaban J connectivity index is 1.77. The van der Waals surface area contributed by atoms with Crippen LogP contribution < -0.4 is 9.50 Å². The Morgan fingerprint density at radius 2 is 1.65 bits per heavy atom. The summed E-state index contributed by atoms with van der Waals surface area (Å²) < 4.78 is 48.6. The van der Waals surface area contributed by atoms with Crippen LogP contribution in [0.4, 0.5) is 14.9 Å². The van der Waals surface area contributed by atoms with Gasteiger partial charge in [-0.05, 0) is 66.9 Å². The molecule has 0 saturated carbocycles. The van der Waals surface area contributed by atoms with Crippen molar-refractivity contribution >= 4 is 21.8 Å². The van der Waals surface area contributed by atoms with Gasteiger partial charge in [-0.2, -0.15) is 8.42 Å². The Hall–Kier alpha value is -3.43. The van der Waals surface area contributed by atoms with Gasteiger partial charge in [0.2, 0.25) is 0 Å². The molecule has 3 aromatic rings. The van der Waals surface area contributed by atoms with Crippen molar-refractivity contribution in [3.05, 3.63) is 89.2 Å². The molecule has 7 nitrogen and oxygen atoms in total. The van der Waals surface area contributed by atoms with E-state index in [2.05, 4.69) is 5.32 Å². The third kappa shape index (κ3) is 6.55. The van der Waals surface area contributed by atoms with Gasteiger partial charge in [-0.25, -0.2) is 9.18 Å².